The van der Waals surface area contributed by atoms with Crippen molar-refractivity contribution in [3.63, 3.8) is 0 Å². The molecule has 0 radical (unpaired) electrons. The molecule has 12 amide bonds. The van der Waals surface area contributed by atoms with E-state index < -0.39 is 145 Å². The molecular formula is C58H80N16O15. The van der Waals surface area contributed by atoms with Gasteiger partial charge in [-0.05, 0) is 73.4 Å². The maximum atomic E-state index is 14.1. The van der Waals surface area contributed by atoms with Crippen molar-refractivity contribution < 1.29 is 72.9 Å². The molecule has 3 aromatic carbocycles. The molecule has 0 bridgehead atoms. The molecule has 1 heterocycles. The lowest BCUT2D eigenvalue weighted by molar-refractivity contribution is -0.139. The van der Waals surface area contributed by atoms with Crippen LogP contribution >= 0.6 is 0 Å². The highest BCUT2D eigenvalue weighted by atomic mass is 16.4. The van der Waals surface area contributed by atoms with Gasteiger partial charge in [-0.3, -0.25) is 63.2 Å². The molecule has 0 aliphatic rings. The fraction of sp³-hybridized carbons (Fsp3) is 0.431. The van der Waals surface area contributed by atoms with E-state index in [1.54, 1.807) is 50.4 Å². The Hall–Kier alpha value is -10.3. The molecule has 1 aromatic heterocycles. The first-order valence-corrected chi connectivity index (χ1v) is 28.4. The maximum absolute atomic E-state index is 14.1. The minimum Gasteiger partial charge on any atom is -0.508 e. The van der Waals surface area contributed by atoms with Crippen molar-refractivity contribution in [2.75, 3.05) is 13.6 Å². The molecule has 0 spiro atoms. The lowest BCUT2D eigenvalue weighted by Crippen LogP contribution is -2.62. The van der Waals surface area contributed by atoms with E-state index in [-0.39, 0.29) is 62.7 Å². The smallest absolute Gasteiger partial charge is 0.334 e. The number of phenols is 1. The summed E-state index contributed by atoms with van der Waals surface area (Å²) in [4.78, 5) is 167. The Bertz CT molecular complexity index is 3160. The molecule has 0 unspecified atom stereocenters. The van der Waals surface area contributed by atoms with Gasteiger partial charge in [-0.2, -0.15) is 0 Å². The predicted molar refractivity (Wildman–Crippen MR) is 323 cm³/mol. The van der Waals surface area contributed by atoms with Crippen molar-refractivity contribution in [2.45, 2.75) is 140 Å². The van der Waals surface area contributed by atoms with Gasteiger partial charge < -0.3 is 85.4 Å². The number of phenolic OH excluding ortho intramolecular Hbond substituents is 1. The standard InChI is InChI=1S/C58H80N16O15/c1-30(2)24-42(52(84)66-39(16-11-23-63-57(61)62-5)50(82)68-41(49(60)81)27-35-29-64-38-15-10-9-14-37(35)38)71-58(89)74-73-55(87)44(25-33-12-7-6-8-13-33)70-56(88)48(31(3)75)72-54(86)45(28-46(59)78)69-51(83)40(21-22-47(79)80)67-53(85)43(65-32(4)76)26-34-17-19-36(77)20-18-34/h6-10,12-15,17-20,29-31,39-45,48,64,75,77H,11,16,21-28H2,1-5H3,(H2,59,78)(H2,60,81)(H,65,76)(H,66,84)(H,67,85)(H,68,82)(H,69,83)(H,70,88)(H,72,86)(H,73,87)(H,79,80)(H3,61,62,63)(H2,71,74,89)/t31-,39+,40-,41+,42+,43-,44+,45+,48+/m1/s1. The van der Waals surface area contributed by atoms with E-state index in [9.17, 15) is 72.9 Å². The van der Waals surface area contributed by atoms with Crippen LogP contribution in [0.15, 0.2) is 90.1 Å². The number of aliphatic hydroxyl groups is 1. The number of fused-ring (bicyclic) bond motifs is 1. The number of carboxylic acids is 1. The SMILES string of the molecule is CN=C(N)NCCC[C@H](NC(=O)[C@H](CC(C)C)NC(=O)NNC(=O)[C@H](Cc1ccccc1)NC(=O)[C@@H](NC(=O)[C@H](CC(N)=O)NC(=O)[C@@H](CCC(=O)O)NC(=O)[C@@H](Cc1ccc(O)cc1)NC(C)=O)[C@@H](C)O)C(=O)N[C@@H](Cc1c[nH]c2ccccc12)C(N)=O. The Morgan fingerprint density at radius 3 is 1.70 bits per heavy atom. The van der Waals surface area contributed by atoms with Crippen LogP contribution in [0.3, 0.4) is 0 Å². The fourth-order valence-corrected chi connectivity index (χ4v) is 9.05. The summed E-state index contributed by atoms with van der Waals surface area (Å²) in [6.07, 6.45) is -2.42. The Morgan fingerprint density at radius 2 is 1.11 bits per heavy atom. The van der Waals surface area contributed by atoms with Crippen LogP contribution in [0.4, 0.5) is 4.79 Å². The van der Waals surface area contributed by atoms with Crippen LogP contribution in [-0.2, 0) is 72.0 Å². The number of para-hydroxylation sites is 1. The van der Waals surface area contributed by atoms with Gasteiger partial charge in [0.2, 0.25) is 53.2 Å². The zero-order valence-corrected chi connectivity index (χ0v) is 49.8. The third-order valence-electron chi connectivity index (χ3n) is 13.6. The van der Waals surface area contributed by atoms with Crippen LogP contribution in [0.25, 0.3) is 10.9 Å². The van der Waals surface area contributed by atoms with Crippen molar-refractivity contribution in [3.8, 4) is 5.75 Å². The Balaban J connectivity index is 1.50. The number of nitrogens with two attached hydrogens (primary N) is 3. The minimum absolute atomic E-state index is 0.00151. The van der Waals surface area contributed by atoms with E-state index in [1.165, 1.54) is 31.3 Å². The van der Waals surface area contributed by atoms with Crippen molar-refractivity contribution in [2.24, 2.45) is 28.1 Å². The molecule has 31 nitrogen and oxygen atoms in total. The third kappa shape index (κ3) is 24.5. The second kappa shape index (κ2) is 35.3. The monoisotopic (exact) mass is 1240 g/mol. The number of benzene rings is 3. The number of carboxylic acid groups (broad SMARTS) is 1. The summed E-state index contributed by atoms with van der Waals surface area (Å²) in [5, 5.41) is 53.2. The summed E-state index contributed by atoms with van der Waals surface area (Å²) in [6, 6.07) is 7.56. The number of rotatable bonds is 34. The molecular weight excluding hydrogens is 1160 g/mol. The van der Waals surface area contributed by atoms with Gasteiger partial charge in [-0.25, -0.2) is 10.2 Å². The number of urea groups is 1. The fourth-order valence-electron chi connectivity index (χ4n) is 9.05. The van der Waals surface area contributed by atoms with Gasteiger partial charge in [0.15, 0.2) is 5.96 Å². The second-order valence-corrected chi connectivity index (χ2v) is 21.4. The number of nitrogens with zero attached hydrogens (tertiary/aromatic N) is 1. The van der Waals surface area contributed by atoms with Crippen molar-refractivity contribution in [1.82, 2.24) is 63.7 Å². The number of aliphatic imine (C=N–C) groups is 1. The van der Waals surface area contributed by atoms with Crippen molar-refractivity contribution >= 4 is 87.9 Å². The average molecular weight is 1240 g/mol. The van der Waals surface area contributed by atoms with E-state index in [2.05, 4.69) is 68.7 Å². The van der Waals surface area contributed by atoms with Crippen LogP contribution in [0.5, 0.6) is 5.75 Å². The molecule has 0 aliphatic heterocycles. The number of hydrogen-bond acceptors (Lipinski definition) is 15. The molecule has 0 saturated heterocycles. The van der Waals surface area contributed by atoms with Gasteiger partial charge in [0, 0.05) is 63.3 Å². The number of amides is 12. The van der Waals surface area contributed by atoms with E-state index in [4.69, 9.17) is 17.2 Å². The highest BCUT2D eigenvalue weighted by Crippen LogP contribution is 2.20. The van der Waals surface area contributed by atoms with E-state index in [1.807, 2.05) is 24.3 Å². The second-order valence-electron chi connectivity index (χ2n) is 21.4. The van der Waals surface area contributed by atoms with Crippen LogP contribution in [-0.4, -0.2) is 165 Å². The van der Waals surface area contributed by atoms with Crippen molar-refractivity contribution in [1.29, 1.82) is 0 Å². The Kier molecular flexibility index (Phi) is 28.2. The van der Waals surface area contributed by atoms with Crippen LogP contribution in [0, 0.1) is 5.92 Å². The number of primary amides is 2. The third-order valence-corrected chi connectivity index (χ3v) is 13.6. The zero-order valence-electron chi connectivity index (χ0n) is 49.8. The number of H-pyrrole nitrogens is 1. The first-order chi connectivity index (χ1) is 42.1. The summed E-state index contributed by atoms with van der Waals surface area (Å²) < 4.78 is 0. The summed E-state index contributed by atoms with van der Waals surface area (Å²) in [5.41, 5.74) is 23.8. The van der Waals surface area contributed by atoms with Crippen LogP contribution in [0.2, 0.25) is 0 Å². The number of aromatic hydroxyl groups is 1. The van der Waals surface area contributed by atoms with Gasteiger partial charge in [0.25, 0.3) is 5.91 Å². The van der Waals surface area contributed by atoms with E-state index in [0.29, 0.717) is 16.7 Å². The van der Waals surface area contributed by atoms with Gasteiger partial charge in [-0.1, -0.05) is 74.5 Å². The number of nitrogens with one attached hydrogen (secondary N) is 12. The number of aliphatic carboxylic acids is 1. The number of aromatic nitrogens is 1. The Morgan fingerprint density at radius 1 is 0.573 bits per heavy atom. The van der Waals surface area contributed by atoms with E-state index >= 15 is 0 Å². The summed E-state index contributed by atoms with van der Waals surface area (Å²) >= 11 is 0. The Labute approximate surface area is 512 Å². The topological polar surface area (TPSA) is 504 Å². The van der Waals surface area contributed by atoms with Gasteiger partial charge in [-0.15, -0.1) is 0 Å². The van der Waals surface area contributed by atoms with Crippen LogP contribution in [0.1, 0.15) is 82.9 Å². The lowest BCUT2D eigenvalue weighted by atomic mass is 10.0. The van der Waals surface area contributed by atoms with Gasteiger partial charge >= 0.3 is 12.0 Å². The molecule has 21 N–H and O–H groups in total. The first kappa shape index (κ1) is 71.2. The molecule has 4 rings (SSSR count). The van der Waals surface area contributed by atoms with E-state index in [0.717, 1.165) is 24.8 Å². The number of aliphatic hydroxyl groups excluding tert-OH is 1. The minimum atomic E-state index is -1.94. The summed E-state index contributed by atoms with van der Waals surface area (Å²) in [6.45, 7) is 5.95. The highest BCUT2D eigenvalue weighted by molar-refractivity contribution is 5.99. The predicted octanol–water partition coefficient (Wildman–Crippen LogP) is -3.02. The number of hydrogen-bond donors (Lipinski definition) is 18. The molecule has 9 atom stereocenters. The zero-order chi connectivity index (χ0) is 65.9. The lowest BCUT2D eigenvalue weighted by Gasteiger charge is -2.28. The molecule has 0 saturated carbocycles. The largest absolute Gasteiger partial charge is 0.508 e. The van der Waals surface area contributed by atoms with Crippen LogP contribution < -0.4 is 75.9 Å². The van der Waals surface area contributed by atoms with Crippen molar-refractivity contribution in [3.05, 3.63) is 102 Å². The summed E-state index contributed by atoms with van der Waals surface area (Å²) in [7, 11) is 1.47. The quantitative estimate of drug-likeness (QED) is 0.00958. The number of carbonyl (C=O) groups excluding carboxylic acids is 11. The highest BCUT2D eigenvalue weighted by Gasteiger charge is 2.36. The number of guanidine groups is 1. The molecule has 482 valence electrons. The first-order valence-electron chi connectivity index (χ1n) is 28.4. The average Bonchev–Trinajstić information content (AvgIpc) is 2.47. The number of hydrazine groups is 1. The molecule has 0 fully saturated rings. The maximum Gasteiger partial charge on any atom is 0.334 e. The molecule has 89 heavy (non-hydrogen) atoms. The van der Waals surface area contributed by atoms with Gasteiger partial charge in [0.05, 0.1) is 12.5 Å². The molecule has 4 aromatic rings. The molecule has 31 heteroatoms. The summed E-state index contributed by atoms with van der Waals surface area (Å²) in [5.74, 6) is -11.6. The number of carbonyl (C=O) groups is 12. The number of aromatic amines is 1. The molecule has 0 aliphatic carbocycles. The normalized spacial score (nSPS) is 14.3. The van der Waals surface area contributed by atoms with Gasteiger partial charge in [0.1, 0.15) is 54.1 Å².